The maximum Gasteiger partial charge on any atom is 0.261 e. The summed E-state index contributed by atoms with van der Waals surface area (Å²) in [6.45, 7) is 10.9. The lowest BCUT2D eigenvalue weighted by Gasteiger charge is -2.29. The molecule has 174 valence electrons. The van der Waals surface area contributed by atoms with Gasteiger partial charge in [0.25, 0.3) is 5.91 Å². The number of benzene rings is 2. The van der Waals surface area contributed by atoms with Crippen LogP contribution in [0.2, 0.25) is 0 Å². The number of hydrogen-bond donors (Lipinski definition) is 1. The summed E-state index contributed by atoms with van der Waals surface area (Å²) < 4.78 is 6.65. The van der Waals surface area contributed by atoms with Gasteiger partial charge in [-0.05, 0) is 65.4 Å². The molecular weight excluding hydrogens is 468 g/mol. The Morgan fingerprint density at radius 3 is 2.50 bits per heavy atom. The summed E-state index contributed by atoms with van der Waals surface area (Å²) in [6.07, 6.45) is 1.91. The summed E-state index contributed by atoms with van der Waals surface area (Å²) >= 11 is 3.54. The molecule has 2 amide bonds. The number of nitrogens with one attached hydrogen (secondary N) is 1. The summed E-state index contributed by atoms with van der Waals surface area (Å²) in [5.41, 5.74) is 3.28. The number of halogens is 1. The Morgan fingerprint density at radius 2 is 1.88 bits per heavy atom. The van der Waals surface area contributed by atoms with E-state index in [1.165, 1.54) is 5.56 Å². The lowest BCUT2D eigenvalue weighted by Crippen LogP contribution is -2.49. The maximum atomic E-state index is 13.2. The number of rotatable bonds is 11. The van der Waals surface area contributed by atoms with Crippen molar-refractivity contribution in [3.63, 3.8) is 0 Å². The number of carbonyl (C=O) groups is 2. The number of hydrogen-bond acceptors (Lipinski definition) is 3. The molecule has 0 saturated carbocycles. The van der Waals surface area contributed by atoms with Gasteiger partial charge in [0.2, 0.25) is 5.91 Å². The van der Waals surface area contributed by atoms with E-state index in [2.05, 4.69) is 42.0 Å². The molecule has 0 aliphatic rings. The standard InChI is InChI=1S/C26H35BrN2O3/c1-6-7-13-28-26(31)20(5)29(16-21-10-8-9-19(4)14-21)25(30)17-32-24-12-11-22(18(2)3)15-23(24)27/h8-12,14-15,18,20H,6-7,13,16-17H2,1-5H3,(H,28,31). The molecule has 0 saturated heterocycles. The van der Waals surface area contributed by atoms with E-state index in [1.54, 1.807) is 11.8 Å². The van der Waals surface area contributed by atoms with E-state index in [-0.39, 0.29) is 18.4 Å². The van der Waals surface area contributed by atoms with E-state index in [0.29, 0.717) is 24.8 Å². The number of carbonyl (C=O) groups excluding carboxylic acids is 2. The second-order valence-electron chi connectivity index (χ2n) is 8.46. The Hall–Kier alpha value is -2.34. The van der Waals surface area contributed by atoms with E-state index < -0.39 is 6.04 Å². The number of ether oxygens (including phenoxy) is 1. The molecule has 5 nitrogen and oxygen atoms in total. The highest BCUT2D eigenvalue weighted by Crippen LogP contribution is 2.29. The van der Waals surface area contributed by atoms with Crippen molar-refractivity contribution in [3.8, 4) is 5.75 Å². The normalized spacial score (nSPS) is 11.8. The highest BCUT2D eigenvalue weighted by atomic mass is 79.9. The van der Waals surface area contributed by atoms with Crippen LogP contribution < -0.4 is 10.1 Å². The van der Waals surface area contributed by atoms with Gasteiger partial charge >= 0.3 is 0 Å². The van der Waals surface area contributed by atoms with Crippen LogP contribution in [0.25, 0.3) is 0 Å². The first-order valence-corrected chi connectivity index (χ1v) is 12.1. The van der Waals surface area contributed by atoms with Crippen molar-refractivity contribution in [1.29, 1.82) is 0 Å². The Labute approximate surface area is 200 Å². The van der Waals surface area contributed by atoms with Crippen molar-refractivity contribution < 1.29 is 14.3 Å². The van der Waals surface area contributed by atoms with Crippen molar-refractivity contribution in [2.45, 2.75) is 66.0 Å². The van der Waals surface area contributed by atoms with Crippen LogP contribution in [0.1, 0.15) is 63.1 Å². The third kappa shape index (κ3) is 7.66. The summed E-state index contributed by atoms with van der Waals surface area (Å²) in [5.74, 6) is 0.628. The highest BCUT2D eigenvalue weighted by Gasteiger charge is 2.26. The van der Waals surface area contributed by atoms with Gasteiger partial charge in [0.15, 0.2) is 6.61 Å². The number of unbranched alkanes of at least 4 members (excludes halogenated alkanes) is 1. The molecule has 2 aromatic carbocycles. The lowest BCUT2D eigenvalue weighted by atomic mass is 10.0. The molecule has 0 fully saturated rings. The van der Waals surface area contributed by atoms with Gasteiger partial charge in [-0.15, -0.1) is 0 Å². The minimum Gasteiger partial charge on any atom is -0.483 e. The molecule has 2 aromatic rings. The predicted octanol–water partition coefficient (Wildman–Crippen LogP) is 5.59. The summed E-state index contributed by atoms with van der Waals surface area (Å²) in [6, 6.07) is 13.3. The second-order valence-corrected chi connectivity index (χ2v) is 9.32. The van der Waals surface area contributed by atoms with Crippen molar-refractivity contribution in [2.75, 3.05) is 13.2 Å². The maximum absolute atomic E-state index is 13.2. The first-order chi connectivity index (χ1) is 15.2. The molecule has 32 heavy (non-hydrogen) atoms. The van der Waals surface area contributed by atoms with E-state index >= 15 is 0 Å². The first kappa shape index (κ1) is 25.9. The van der Waals surface area contributed by atoms with Crippen LogP contribution in [0.4, 0.5) is 0 Å². The molecule has 6 heteroatoms. The monoisotopic (exact) mass is 502 g/mol. The quantitative estimate of drug-likeness (QED) is 0.407. The zero-order valence-corrected chi connectivity index (χ0v) is 21.4. The van der Waals surface area contributed by atoms with Crippen molar-refractivity contribution in [3.05, 3.63) is 63.6 Å². The molecule has 0 aliphatic heterocycles. The number of amides is 2. The van der Waals surface area contributed by atoms with Crippen LogP contribution in [0.5, 0.6) is 5.75 Å². The summed E-state index contributed by atoms with van der Waals surface area (Å²) in [4.78, 5) is 27.5. The molecule has 1 N–H and O–H groups in total. The van der Waals surface area contributed by atoms with Gasteiger partial charge in [-0.3, -0.25) is 9.59 Å². The van der Waals surface area contributed by atoms with Crippen LogP contribution in [0.15, 0.2) is 46.9 Å². The molecular formula is C26H35BrN2O3. The highest BCUT2D eigenvalue weighted by molar-refractivity contribution is 9.10. The third-order valence-electron chi connectivity index (χ3n) is 5.41. The van der Waals surface area contributed by atoms with Crippen molar-refractivity contribution in [2.24, 2.45) is 0 Å². The Bertz CT molecular complexity index is 914. The Balaban J connectivity index is 2.14. The smallest absolute Gasteiger partial charge is 0.261 e. The van der Waals surface area contributed by atoms with E-state index in [4.69, 9.17) is 4.74 Å². The molecule has 0 spiro atoms. The summed E-state index contributed by atoms with van der Waals surface area (Å²) in [5, 5.41) is 2.93. The first-order valence-electron chi connectivity index (χ1n) is 11.3. The Morgan fingerprint density at radius 1 is 1.12 bits per heavy atom. The predicted molar refractivity (Wildman–Crippen MR) is 133 cm³/mol. The van der Waals surface area contributed by atoms with Gasteiger partial charge in [-0.1, -0.05) is 63.1 Å². The fourth-order valence-corrected chi connectivity index (χ4v) is 3.85. The van der Waals surface area contributed by atoms with Gasteiger partial charge in [-0.2, -0.15) is 0 Å². The molecule has 0 heterocycles. The van der Waals surface area contributed by atoms with Crippen LogP contribution in [-0.4, -0.2) is 35.9 Å². The molecule has 1 atom stereocenters. The average molecular weight is 503 g/mol. The van der Waals surface area contributed by atoms with Gasteiger partial charge < -0.3 is 15.0 Å². The minimum atomic E-state index is -0.602. The fraction of sp³-hybridized carbons (Fsp3) is 0.462. The third-order valence-corrected chi connectivity index (χ3v) is 6.03. The number of nitrogens with zero attached hydrogens (tertiary/aromatic N) is 1. The lowest BCUT2D eigenvalue weighted by molar-refractivity contribution is -0.142. The molecule has 0 aromatic heterocycles. The van der Waals surface area contributed by atoms with E-state index in [1.807, 2.05) is 49.4 Å². The van der Waals surface area contributed by atoms with E-state index in [0.717, 1.165) is 28.4 Å². The summed E-state index contributed by atoms with van der Waals surface area (Å²) in [7, 11) is 0. The van der Waals surface area contributed by atoms with Gasteiger partial charge in [-0.25, -0.2) is 0 Å². The second kappa shape index (κ2) is 12.6. The minimum absolute atomic E-state index is 0.141. The average Bonchev–Trinajstić information content (AvgIpc) is 2.76. The Kier molecular flexibility index (Phi) is 10.2. The van der Waals surface area contributed by atoms with Crippen LogP contribution in [0, 0.1) is 6.92 Å². The van der Waals surface area contributed by atoms with Crippen LogP contribution in [0.3, 0.4) is 0 Å². The SMILES string of the molecule is CCCCNC(=O)C(C)N(Cc1cccc(C)c1)C(=O)COc1ccc(C(C)C)cc1Br. The molecule has 0 aliphatic carbocycles. The zero-order valence-electron chi connectivity index (χ0n) is 19.8. The van der Waals surface area contributed by atoms with Crippen molar-refractivity contribution in [1.82, 2.24) is 10.2 Å². The largest absolute Gasteiger partial charge is 0.483 e. The van der Waals surface area contributed by atoms with Crippen LogP contribution >= 0.6 is 15.9 Å². The fourth-order valence-electron chi connectivity index (χ4n) is 3.34. The van der Waals surface area contributed by atoms with Gasteiger partial charge in [0.05, 0.1) is 4.47 Å². The number of aryl methyl sites for hydroxylation is 1. The molecule has 0 radical (unpaired) electrons. The van der Waals surface area contributed by atoms with Gasteiger partial charge in [0, 0.05) is 13.1 Å². The topological polar surface area (TPSA) is 58.6 Å². The van der Waals surface area contributed by atoms with Gasteiger partial charge in [0.1, 0.15) is 11.8 Å². The zero-order chi connectivity index (χ0) is 23.7. The van der Waals surface area contributed by atoms with Crippen molar-refractivity contribution >= 4 is 27.7 Å². The molecule has 1 unspecified atom stereocenters. The molecule has 0 bridgehead atoms. The molecule has 2 rings (SSSR count). The van der Waals surface area contributed by atoms with E-state index in [9.17, 15) is 9.59 Å². The van der Waals surface area contributed by atoms with Crippen LogP contribution in [-0.2, 0) is 16.1 Å².